The third kappa shape index (κ3) is 5.05. The summed E-state index contributed by atoms with van der Waals surface area (Å²) in [6.07, 6.45) is 1.20. The minimum Gasteiger partial charge on any atom is -0.381 e. The molecule has 2 heterocycles. The van der Waals surface area contributed by atoms with Crippen LogP contribution in [0.5, 0.6) is 0 Å². The molecule has 5 nitrogen and oxygen atoms in total. The van der Waals surface area contributed by atoms with Crippen LogP contribution >= 0.6 is 0 Å². The Balaban J connectivity index is 1.29. The summed E-state index contributed by atoms with van der Waals surface area (Å²) in [6.45, 7) is 5.92. The largest absolute Gasteiger partial charge is 0.381 e. The van der Waals surface area contributed by atoms with E-state index in [1.165, 1.54) is 24.3 Å². The Labute approximate surface area is 182 Å². The third-order valence-corrected chi connectivity index (χ3v) is 6.46. The molecule has 4 rings (SSSR count). The van der Waals surface area contributed by atoms with E-state index < -0.39 is 5.41 Å². The minimum absolute atomic E-state index is 0.00708. The molecule has 2 aliphatic heterocycles. The van der Waals surface area contributed by atoms with Crippen LogP contribution in [0.2, 0.25) is 0 Å². The van der Waals surface area contributed by atoms with Gasteiger partial charge in [-0.3, -0.25) is 9.69 Å². The second-order valence-corrected chi connectivity index (χ2v) is 8.26. The maximum Gasteiger partial charge on any atom is 0.230 e. The van der Waals surface area contributed by atoms with Crippen LogP contribution in [0.4, 0.5) is 14.5 Å². The van der Waals surface area contributed by atoms with Crippen LogP contribution in [-0.2, 0) is 14.9 Å². The lowest BCUT2D eigenvalue weighted by atomic mass is 9.73. The Kier molecular flexibility index (Phi) is 6.83. The van der Waals surface area contributed by atoms with Crippen molar-refractivity contribution < 1.29 is 18.3 Å². The highest BCUT2D eigenvalue weighted by atomic mass is 19.1. The van der Waals surface area contributed by atoms with Crippen molar-refractivity contribution >= 4 is 11.6 Å². The molecular formula is C24H29F2N3O2. The van der Waals surface area contributed by atoms with Gasteiger partial charge in [0.05, 0.1) is 5.41 Å². The number of nitrogens with one attached hydrogen (secondary N) is 1. The fourth-order valence-corrected chi connectivity index (χ4v) is 4.51. The number of hydrogen-bond donors (Lipinski definition) is 1. The Morgan fingerprint density at radius 3 is 2.10 bits per heavy atom. The van der Waals surface area contributed by atoms with Crippen LogP contribution in [0.1, 0.15) is 18.4 Å². The molecule has 0 aliphatic carbocycles. The molecule has 2 saturated heterocycles. The van der Waals surface area contributed by atoms with E-state index in [9.17, 15) is 13.6 Å². The van der Waals surface area contributed by atoms with Crippen molar-refractivity contribution in [3.8, 4) is 0 Å². The van der Waals surface area contributed by atoms with E-state index in [4.69, 9.17) is 4.74 Å². The number of rotatable bonds is 6. The quantitative estimate of drug-likeness (QED) is 0.767. The van der Waals surface area contributed by atoms with Gasteiger partial charge in [-0.05, 0) is 54.8 Å². The van der Waals surface area contributed by atoms with Gasteiger partial charge in [-0.2, -0.15) is 0 Å². The van der Waals surface area contributed by atoms with Crippen molar-refractivity contribution in [1.29, 1.82) is 0 Å². The van der Waals surface area contributed by atoms with Crippen molar-refractivity contribution in [2.45, 2.75) is 18.3 Å². The second kappa shape index (κ2) is 9.75. The van der Waals surface area contributed by atoms with E-state index in [0.717, 1.165) is 44.0 Å². The van der Waals surface area contributed by atoms with Gasteiger partial charge in [0.25, 0.3) is 0 Å². The highest BCUT2D eigenvalue weighted by Crippen LogP contribution is 2.35. The van der Waals surface area contributed by atoms with Gasteiger partial charge in [0.2, 0.25) is 5.91 Å². The highest BCUT2D eigenvalue weighted by Gasteiger charge is 2.41. The van der Waals surface area contributed by atoms with E-state index in [-0.39, 0.29) is 17.5 Å². The van der Waals surface area contributed by atoms with Gasteiger partial charge in [0.15, 0.2) is 0 Å². The summed E-state index contributed by atoms with van der Waals surface area (Å²) in [6, 6.07) is 12.9. The standard InChI is InChI=1S/C24H29F2N3O2/c25-20-3-1-19(2-4-20)24(9-17-31-18-10-24)23(30)27-11-12-28-13-15-29(16-14-28)22-7-5-21(26)6-8-22/h1-8H,9-18H2,(H,27,30). The molecule has 1 amide bonds. The van der Waals surface area contributed by atoms with Crippen LogP contribution in [0.25, 0.3) is 0 Å². The van der Waals surface area contributed by atoms with Crippen molar-refractivity contribution in [2.75, 3.05) is 57.4 Å². The van der Waals surface area contributed by atoms with E-state index in [1.54, 1.807) is 12.1 Å². The lowest BCUT2D eigenvalue weighted by Crippen LogP contribution is -2.51. The van der Waals surface area contributed by atoms with Crippen LogP contribution in [0.15, 0.2) is 48.5 Å². The van der Waals surface area contributed by atoms with E-state index in [1.807, 2.05) is 12.1 Å². The first-order valence-corrected chi connectivity index (χ1v) is 10.9. The zero-order valence-corrected chi connectivity index (χ0v) is 17.7. The number of ether oxygens (including phenoxy) is 1. The molecule has 2 fully saturated rings. The van der Waals surface area contributed by atoms with Crippen LogP contribution in [-0.4, -0.2) is 63.3 Å². The number of benzene rings is 2. The molecular weight excluding hydrogens is 400 g/mol. The Hall–Kier alpha value is -2.51. The molecule has 0 saturated carbocycles. The van der Waals surface area contributed by atoms with Crippen molar-refractivity contribution in [1.82, 2.24) is 10.2 Å². The van der Waals surface area contributed by atoms with E-state index >= 15 is 0 Å². The van der Waals surface area contributed by atoms with Gasteiger partial charge in [-0.15, -0.1) is 0 Å². The number of anilines is 1. The number of amides is 1. The smallest absolute Gasteiger partial charge is 0.230 e. The van der Waals surface area contributed by atoms with Crippen LogP contribution in [0.3, 0.4) is 0 Å². The monoisotopic (exact) mass is 429 g/mol. The molecule has 7 heteroatoms. The third-order valence-electron chi connectivity index (χ3n) is 6.46. The summed E-state index contributed by atoms with van der Waals surface area (Å²) in [5.74, 6) is -0.528. The number of carbonyl (C=O) groups excluding carboxylic acids is 1. The molecule has 2 aliphatic rings. The number of hydrogen-bond acceptors (Lipinski definition) is 4. The summed E-state index contributed by atoms with van der Waals surface area (Å²) in [7, 11) is 0. The number of piperazine rings is 1. The lowest BCUT2D eigenvalue weighted by molar-refractivity contribution is -0.130. The lowest BCUT2D eigenvalue weighted by Gasteiger charge is -2.38. The second-order valence-electron chi connectivity index (χ2n) is 8.26. The number of carbonyl (C=O) groups is 1. The molecule has 0 aromatic heterocycles. The average molecular weight is 430 g/mol. The number of halogens is 2. The molecule has 31 heavy (non-hydrogen) atoms. The summed E-state index contributed by atoms with van der Waals surface area (Å²) < 4.78 is 32.0. The first-order valence-electron chi connectivity index (χ1n) is 10.9. The van der Waals surface area contributed by atoms with Crippen LogP contribution in [0, 0.1) is 11.6 Å². The highest BCUT2D eigenvalue weighted by molar-refractivity contribution is 5.88. The zero-order valence-electron chi connectivity index (χ0n) is 17.7. The molecule has 2 aromatic carbocycles. The van der Waals surface area contributed by atoms with Crippen molar-refractivity contribution in [3.63, 3.8) is 0 Å². The van der Waals surface area contributed by atoms with Crippen molar-refractivity contribution in [2.24, 2.45) is 0 Å². The number of nitrogens with zero attached hydrogens (tertiary/aromatic N) is 2. The molecule has 0 spiro atoms. The predicted octanol–water partition coefficient (Wildman–Crippen LogP) is 2.95. The van der Waals surface area contributed by atoms with Crippen LogP contribution < -0.4 is 10.2 Å². The Bertz CT molecular complexity index is 859. The first kappa shape index (κ1) is 21.7. The Morgan fingerprint density at radius 1 is 0.903 bits per heavy atom. The van der Waals surface area contributed by atoms with Crippen molar-refractivity contribution in [3.05, 3.63) is 65.7 Å². The van der Waals surface area contributed by atoms with Gasteiger partial charge in [0, 0.05) is 58.2 Å². The molecule has 1 N–H and O–H groups in total. The SMILES string of the molecule is O=C(NCCN1CCN(c2ccc(F)cc2)CC1)C1(c2ccc(F)cc2)CCOCC1. The topological polar surface area (TPSA) is 44.8 Å². The van der Waals surface area contributed by atoms with Gasteiger partial charge < -0.3 is 15.0 Å². The van der Waals surface area contributed by atoms with Gasteiger partial charge in [-0.1, -0.05) is 12.1 Å². The normalized spacial score (nSPS) is 19.2. The summed E-state index contributed by atoms with van der Waals surface area (Å²) >= 11 is 0. The minimum atomic E-state index is -0.659. The molecule has 166 valence electrons. The zero-order chi connectivity index (χ0) is 21.7. The van der Waals surface area contributed by atoms with Gasteiger partial charge in [-0.25, -0.2) is 8.78 Å². The summed E-state index contributed by atoms with van der Waals surface area (Å²) in [5.41, 5.74) is 1.23. The fraction of sp³-hybridized carbons (Fsp3) is 0.458. The average Bonchev–Trinajstić information content (AvgIpc) is 2.81. The predicted molar refractivity (Wildman–Crippen MR) is 116 cm³/mol. The molecule has 0 unspecified atom stereocenters. The molecule has 2 aromatic rings. The van der Waals surface area contributed by atoms with E-state index in [0.29, 0.717) is 32.6 Å². The van der Waals surface area contributed by atoms with E-state index in [2.05, 4.69) is 15.1 Å². The fourth-order valence-electron chi connectivity index (χ4n) is 4.51. The Morgan fingerprint density at radius 2 is 1.48 bits per heavy atom. The van der Waals surface area contributed by atoms with Gasteiger partial charge >= 0.3 is 0 Å². The molecule has 0 atom stereocenters. The first-order chi connectivity index (χ1) is 15.1. The maximum absolute atomic E-state index is 13.4. The summed E-state index contributed by atoms with van der Waals surface area (Å²) in [5, 5.41) is 3.12. The van der Waals surface area contributed by atoms with Gasteiger partial charge in [0.1, 0.15) is 11.6 Å². The summed E-state index contributed by atoms with van der Waals surface area (Å²) in [4.78, 5) is 17.8. The maximum atomic E-state index is 13.4. The molecule has 0 bridgehead atoms. The molecule has 0 radical (unpaired) electrons.